The van der Waals surface area contributed by atoms with Crippen molar-refractivity contribution in [1.29, 1.82) is 0 Å². The van der Waals surface area contributed by atoms with Crippen LogP contribution in [0.15, 0.2) is 12.7 Å². The third-order valence-corrected chi connectivity index (χ3v) is 4.64. The molecule has 4 atom stereocenters. The van der Waals surface area contributed by atoms with Crippen LogP contribution in [0.4, 0.5) is 5.82 Å². The monoisotopic (exact) mass is 363 g/mol. The average Bonchev–Trinajstić information content (AvgIpc) is 3.15. The molecule has 0 amide bonds. The predicted octanol–water partition coefficient (Wildman–Crippen LogP) is 0.779. The van der Waals surface area contributed by atoms with E-state index in [1.165, 1.54) is 6.33 Å². The highest BCUT2D eigenvalue weighted by atomic mass is 16.8. The van der Waals surface area contributed by atoms with E-state index in [-0.39, 0.29) is 12.4 Å². The van der Waals surface area contributed by atoms with Crippen molar-refractivity contribution in [2.45, 2.75) is 57.5 Å². The van der Waals surface area contributed by atoms with Gasteiger partial charge in [0.15, 0.2) is 29.6 Å². The van der Waals surface area contributed by atoms with E-state index in [1.54, 1.807) is 31.7 Å². The molecule has 2 saturated heterocycles. The minimum Gasteiger partial charge on any atom is -0.464 e. The molecule has 4 rings (SSSR count). The third kappa shape index (κ3) is 2.37. The van der Waals surface area contributed by atoms with Crippen molar-refractivity contribution in [1.82, 2.24) is 19.5 Å². The van der Waals surface area contributed by atoms with Crippen molar-refractivity contribution < 1.29 is 23.7 Å². The minimum absolute atomic E-state index is 0.245. The molecule has 0 aliphatic carbocycles. The molecule has 2 aliphatic rings. The van der Waals surface area contributed by atoms with Gasteiger partial charge < -0.3 is 24.7 Å². The quantitative estimate of drug-likeness (QED) is 0.788. The zero-order valence-electron chi connectivity index (χ0n) is 15.0. The van der Waals surface area contributed by atoms with Gasteiger partial charge >= 0.3 is 5.97 Å². The van der Waals surface area contributed by atoms with Crippen LogP contribution in [-0.2, 0) is 23.7 Å². The molecule has 0 aromatic carbocycles. The van der Waals surface area contributed by atoms with E-state index in [0.717, 1.165) is 0 Å². The topological polar surface area (TPSA) is 124 Å². The Morgan fingerprint density at radius 2 is 2.12 bits per heavy atom. The van der Waals surface area contributed by atoms with Crippen molar-refractivity contribution in [3.8, 4) is 0 Å². The molecule has 2 N–H and O–H groups in total. The lowest BCUT2D eigenvalue weighted by Gasteiger charge is -2.30. The molecule has 0 spiro atoms. The molecule has 4 heterocycles. The number of hydrogen-bond donors (Lipinski definition) is 1. The van der Waals surface area contributed by atoms with Crippen molar-refractivity contribution in [2.24, 2.45) is 0 Å². The lowest BCUT2D eigenvalue weighted by Crippen LogP contribution is -2.43. The zero-order valence-corrected chi connectivity index (χ0v) is 15.0. The summed E-state index contributed by atoms with van der Waals surface area (Å²) < 4.78 is 25.0. The number of fused-ring (bicyclic) bond motifs is 2. The normalized spacial score (nSPS) is 32.7. The molecule has 0 bridgehead atoms. The molecule has 10 heteroatoms. The Hall–Kier alpha value is -2.30. The number of aromatic nitrogens is 4. The predicted molar refractivity (Wildman–Crippen MR) is 88.7 cm³/mol. The van der Waals surface area contributed by atoms with Crippen LogP contribution < -0.4 is 5.73 Å². The fourth-order valence-corrected chi connectivity index (χ4v) is 3.72. The lowest BCUT2D eigenvalue weighted by molar-refractivity contribution is -0.218. The Bertz CT molecular complexity index is 868. The summed E-state index contributed by atoms with van der Waals surface area (Å²) in [6.07, 6.45) is 0.624. The summed E-state index contributed by atoms with van der Waals surface area (Å²) in [6.45, 7) is 7.41. The molecule has 0 saturated carbocycles. The fourth-order valence-electron chi connectivity index (χ4n) is 3.72. The van der Waals surface area contributed by atoms with Crippen molar-refractivity contribution in [3.05, 3.63) is 12.7 Å². The number of nitrogens with zero attached hydrogens (tertiary/aromatic N) is 4. The minimum atomic E-state index is -0.950. The molecule has 140 valence electrons. The Labute approximate surface area is 149 Å². The van der Waals surface area contributed by atoms with Gasteiger partial charge in [-0.2, -0.15) is 0 Å². The standard InChI is InChI=1S/C16H21N5O5/c1-5-23-13(22)9-10-16(4,26-15(2,3)25-10)14(24-9)21-7-20-8-11(17)18-6-19-12(8)21/h6-7,9-10,14H,5H2,1-4H3,(H2,17,18,19)/t9-,10+,14+,16+/m0/s1. The molecule has 2 aliphatic heterocycles. The Kier molecular flexibility index (Phi) is 3.69. The third-order valence-electron chi connectivity index (χ3n) is 4.64. The van der Waals surface area contributed by atoms with E-state index >= 15 is 0 Å². The second-order valence-corrected chi connectivity index (χ2v) is 6.97. The van der Waals surface area contributed by atoms with Crippen molar-refractivity contribution >= 4 is 23.0 Å². The molecule has 2 aromatic heterocycles. The van der Waals surface area contributed by atoms with Gasteiger partial charge in [-0.25, -0.2) is 19.7 Å². The van der Waals surface area contributed by atoms with Crippen LogP contribution in [0.3, 0.4) is 0 Å². The maximum Gasteiger partial charge on any atom is 0.338 e. The molecule has 26 heavy (non-hydrogen) atoms. The first-order valence-corrected chi connectivity index (χ1v) is 8.40. The number of hydrogen-bond acceptors (Lipinski definition) is 9. The molecule has 0 unspecified atom stereocenters. The SMILES string of the molecule is CCOC(=O)[C@H]1O[C@@H](n2cnc3c(N)ncnc32)[C@]2(C)OC(C)(C)O[C@H]12. The summed E-state index contributed by atoms with van der Waals surface area (Å²) in [4.78, 5) is 24.9. The smallest absolute Gasteiger partial charge is 0.338 e. The number of ether oxygens (including phenoxy) is 4. The molecule has 2 fully saturated rings. The number of esters is 1. The van der Waals surface area contributed by atoms with Gasteiger partial charge in [-0.15, -0.1) is 0 Å². The number of anilines is 1. The van der Waals surface area contributed by atoms with E-state index in [2.05, 4.69) is 15.0 Å². The summed E-state index contributed by atoms with van der Waals surface area (Å²) >= 11 is 0. The van der Waals surface area contributed by atoms with E-state index < -0.39 is 35.8 Å². The van der Waals surface area contributed by atoms with E-state index in [9.17, 15) is 4.79 Å². The molecule has 10 nitrogen and oxygen atoms in total. The number of carbonyl (C=O) groups excluding carboxylic acids is 1. The fraction of sp³-hybridized carbons (Fsp3) is 0.625. The van der Waals surface area contributed by atoms with E-state index in [4.69, 9.17) is 24.7 Å². The number of nitrogen functional groups attached to an aromatic ring is 1. The second-order valence-electron chi connectivity index (χ2n) is 6.97. The van der Waals surface area contributed by atoms with Gasteiger partial charge in [0.2, 0.25) is 0 Å². The van der Waals surface area contributed by atoms with Gasteiger partial charge in [0.05, 0.1) is 12.9 Å². The van der Waals surface area contributed by atoms with Crippen LogP contribution in [0.2, 0.25) is 0 Å². The van der Waals surface area contributed by atoms with Gasteiger partial charge in [0.1, 0.15) is 23.5 Å². The van der Waals surface area contributed by atoms with Crippen LogP contribution in [0.5, 0.6) is 0 Å². The van der Waals surface area contributed by atoms with E-state index in [0.29, 0.717) is 11.2 Å². The Morgan fingerprint density at radius 1 is 1.35 bits per heavy atom. The Balaban J connectivity index is 1.80. The number of imidazole rings is 1. The van der Waals surface area contributed by atoms with Crippen LogP contribution in [0, 0.1) is 0 Å². The van der Waals surface area contributed by atoms with Crippen LogP contribution in [0.1, 0.15) is 33.9 Å². The number of nitrogens with two attached hydrogens (primary N) is 1. The maximum absolute atomic E-state index is 12.4. The summed E-state index contributed by atoms with van der Waals surface area (Å²) in [6, 6.07) is 0. The van der Waals surface area contributed by atoms with Crippen molar-refractivity contribution in [3.63, 3.8) is 0 Å². The lowest BCUT2D eigenvalue weighted by atomic mass is 9.96. The number of rotatable bonds is 3. The molecule has 0 radical (unpaired) electrons. The van der Waals surface area contributed by atoms with Gasteiger partial charge in [-0.1, -0.05) is 0 Å². The average molecular weight is 363 g/mol. The van der Waals surface area contributed by atoms with Crippen LogP contribution >= 0.6 is 0 Å². The summed E-state index contributed by atoms with van der Waals surface area (Å²) in [7, 11) is 0. The number of carbonyl (C=O) groups is 1. The van der Waals surface area contributed by atoms with Gasteiger partial charge in [0, 0.05) is 0 Å². The largest absolute Gasteiger partial charge is 0.464 e. The first kappa shape index (κ1) is 17.1. The first-order valence-electron chi connectivity index (χ1n) is 8.40. The van der Waals surface area contributed by atoms with Gasteiger partial charge in [0.25, 0.3) is 0 Å². The van der Waals surface area contributed by atoms with Gasteiger partial charge in [-0.05, 0) is 27.7 Å². The zero-order chi connectivity index (χ0) is 18.7. The summed E-state index contributed by atoms with van der Waals surface area (Å²) in [5, 5.41) is 0. The Morgan fingerprint density at radius 3 is 2.85 bits per heavy atom. The second kappa shape index (κ2) is 5.60. The van der Waals surface area contributed by atoms with Crippen LogP contribution in [-0.4, -0.2) is 55.7 Å². The van der Waals surface area contributed by atoms with E-state index in [1.807, 2.05) is 6.92 Å². The maximum atomic E-state index is 12.4. The highest BCUT2D eigenvalue weighted by Gasteiger charge is 2.66. The molecular formula is C16H21N5O5. The highest BCUT2D eigenvalue weighted by Crippen LogP contribution is 2.51. The molecular weight excluding hydrogens is 342 g/mol. The van der Waals surface area contributed by atoms with Crippen molar-refractivity contribution in [2.75, 3.05) is 12.3 Å². The first-order chi connectivity index (χ1) is 12.3. The summed E-state index contributed by atoms with van der Waals surface area (Å²) in [5.41, 5.74) is 5.86. The van der Waals surface area contributed by atoms with Gasteiger partial charge in [-0.3, -0.25) is 4.57 Å². The summed E-state index contributed by atoms with van der Waals surface area (Å²) in [5.74, 6) is -1.11. The highest BCUT2D eigenvalue weighted by molar-refractivity contribution is 5.81. The van der Waals surface area contributed by atoms with Crippen LogP contribution in [0.25, 0.3) is 11.2 Å². The molecule has 2 aromatic rings.